The molecule has 0 spiro atoms. The predicted octanol–water partition coefficient (Wildman–Crippen LogP) is 8.57. The average Bonchev–Trinajstić information content (AvgIpc) is 4.03. The first kappa shape index (κ1) is 42.2. The van der Waals surface area contributed by atoms with Gasteiger partial charge in [-0.3, -0.25) is 19.4 Å². The number of oxazole rings is 2. The van der Waals surface area contributed by atoms with Gasteiger partial charge in [0.2, 0.25) is 23.6 Å². The van der Waals surface area contributed by atoms with Crippen LogP contribution in [-0.2, 0) is 19.1 Å². The van der Waals surface area contributed by atoms with Crippen molar-refractivity contribution in [1.82, 2.24) is 29.6 Å². The van der Waals surface area contributed by atoms with Gasteiger partial charge in [-0.2, -0.15) is 0 Å². The molecule has 7 rings (SSSR count). The molecule has 14 nitrogen and oxygen atoms in total. The van der Waals surface area contributed by atoms with E-state index in [1.54, 1.807) is 23.9 Å². The summed E-state index contributed by atoms with van der Waals surface area (Å²) in [5, 5.41) is 0. The molecule has 0 N–H and O–H groups in total. The Morgan fingerprint density at radius 2 is 0.967 bits per heavy atom. The van der Waals surface area contributed by atoms with Crippen molar-refractivity contribution in [1.29, 1.82) is 0 Å². The summed E-state index contributed by atoms with van der Waals surface area (Å²) < 4.78 is 22.6. The molecule has 0 saturated carbocycles. The molecule has 14 heteroatoms. The fourth-order valence-electron chi connectivity index (χ4n) is 9.08. The molecule has 318 valence electrons. The van der Waals surface area contributed by atoms with Crippen LogP contribution in [0.1, 0.15) is 78.2 Å². The molecule has 0 bridgehead atoms. The second kappa shape index (κ2) is 17.0. The quantitative estimate of drug-likeness (QED) is 0.134. The van der Waals surface area contributed by atoms with Gasteiger partial charge in [-0.05, 0) is 83.0 Å². The third kappa shape index (κ3) is 8.03. The zero-order chi connectivity index (χ0) is 43.2. The molecular formula is C46H56N6O8. The maximum Gasteiger partial charge on any atom is 0.409 e. The van der Waals surface area contributed by atoms with Gasteiger partial charge in [0.15, 0.2) is 11.2 Å². The summed E-state index contributed by atoms with van der Waals surface area (Å²) >= 11 is 0. The van der Waals surface area contributed by atoms with E-state index in [0.717, 1.165) is 22.3 Å². The van der Waals surface area contributed by atoms with Gasteiger partial charge in [-0.25, -0.2) is 19.6 Å². The van der Waals surface area contributed by atoms with Crippen molar-refractivity contribution in [3.8, 4) is 22.3 Å². The lowest BCUT2D eigenvalue weighted by molar-refractivity contribution is -0.139. The fourth-order valence-corrected chi connectivity index (χ4v) is 9.08. The largest absolute Gasteiger partial charge is 0.453 e. The lowest BCUT2D eigenvalue weighted by Gasteiger charge is -2.34. The SMILES string of the molecule is COC(=O)N(C)[C@H](C(=O)N1C[C@@H](C)C[C@H]1c1nc2ccc(-c3ccc(-c4ccc5nc([C@@H]6C[C@H](C)CN6C(=O)[C@H](C(C)C)N(C)C(=O)OC)oc5c4)cc3)cc2o1)C(C)C. The average molecular weight is 821 g/mol. The molecule has 2 saturated heterocycles. The van der Waals surface area contributed by atoms with Crippen molar-refractivity contribution in [3.63, 3.8) is 0 Å². The van der Waals surface area contributed by atoms with E-state index in [1.807, 2.05) is 64.1 Å². The van der Waals surface area contributed by atoms with Crippen LogP contribution in [0.4, 0.5) is 9.59 Å². The van der Waals surface area contributed by atoms with Crippen LogP contribution in [0.15, 0.2) is 69.5 Å². The van der Waals surface area contributed by atoms with Crippen LogP contribution >= 0.6 is 0 Å². The fraction of sp³-hybridized carbons (Fsp3) is 0.478. The summed E-state index contributed by atoms with van der Waals surface area (Å²) in [5.41, 5.74) is 6.58. The summed E-state index contributed by atoms with van der Waals surface area (Å²) in [6.45, 7) is 13.0. The molecule has 2 aromatic heterocycles. The smallest absolute Gasteiger partial charge is 0.409 e. The number of hydrogen-bond acceptors (Lipinski definition) is 10. The highest BCUT2D eigenvalue weighted by Crippen LogP contribution is 2.40. The van der Waals surface area contributed by atoms with Crippen molar-refractivity contribution in [3.05, 3.63) is 72.4 Å². The van der Waals surface area contributed by atoms with E-state index in [-0.39, 0.29) is 47.6 Å². The summed E-state index contributed by atoms with van der Waals surface area (Å²) in [6, 6.07) is 18.0. The van der Waals surface area contributed by atoms with Crippen molar-refractivity contribution in [2.45, 2.75) is 78.6 Å². The topological polar surface area (TPSA) is 152 Å². The Labute approximate surface area is 350 Å². The highest BCUT2D eigenvalue weighted by Gasteiger charge is 2.44. The molecule has 2 fully saturated rings. The van der Waals surface area contributed by atoms with E-state index < -0.39 is 24.3 Å². The molecule has 0 radical (unpaired) electrons. The molecule has 2 aliphatic rings. The number of amides is 4. The Morgan fingerprint density at radius 3 is 1.30 bits per heavy atom. The van der Waals surface area contributed by atoms with Crippen molar-refractivity contribution < 1.29 is 37.5 Å². The molecule has 4 amide bonds. The van der Waals surface area contributed by atoms with Gasteiger partial charge in [0, 0.05) is 27.2 Å². The van der Waals surface area contributed by atoms with Gasteiger partial charge in [-0.1, -0.05) is 77.9 Å². The van der Waals surface area contributed by atoms with Gasteiger partial charge in [0.25, 0.3) is 0 Å². The second-order valence-corrected chi connectivity index (χ2v) is 17.3. The highest BCUT2D eigenvalue weighted by molar-refractivity contribution is 5.88. The zero-order valence-corrected chi connectivity index (χ0v) is 36.2. The number of likely N-dealkylation sites (N-methyl/N-ethyl adjacent to an activating group) is 2. The summed E-state index contributed by atoms with van der Waals surface area (Å²) in [5.74, 6) is 0.870. The van der Waals surface area contributed by atoms with Crippen LogP contribution in [0, 0.1) is 23.7 Å². The van der Waals surface area contributed by atoms with E-state index >= 15 is 0 Å². The number of nitrogens with zero attached hydrogens (tertiary/aromatic N) is 6. The number of benzene rings is 3. The van der Waals surface area contributed by atoms with Crippen molar-refractivity contribution in [2.24, 2.45) is 23.7 Å². The number of fused-ring (bicyclic) bond motifs is 2. The maximum absolute atomic E-state index is 14.0. The standard InChI is InChI=1S/C46H56N6O8/c1-25(2)39(49(7)45(55)57-9)43(53)51-23-27(5)19-35(51)41-47-33-17-15-31(21-37(33)59-41)29-11-13-30(14-12-29)32-16-18-34-38(22-32)60-42(48-34)36-20-28(6)24-52(36)44(54)40(26(3)4)50(8)46(56)58-10/h11-18,21-22,25-28,35-36,39-40H,19-20,23-24H2,1-10H3/t27-,28-,35-,36-,39-,40-/m0/s1. The predicted molar refractivity (Wildman–Crippen MR) is 227 cm³/mol. The Morgan fingerprint density at radius 1 is 0.617 bits per heavy atom. The monoisotopic (exact) mass is 820 g/mol. The van der Waals surface area contributed by atoms with Gasteiger partial charge in [0.05, 0.1) is 14.2 Å². The number of likely N-dealkylation sites (tertiary alicyclic amines) is 2. The molecule has 0 aliphatic carbocycles. The minimum absolute atomic E-state index is 0.128. The molecule has 0 unspecified atom stereocenters. The lowest BCUT2D eigenvalue weighted by Crippen LogP contribution is -2.51. The summed E-state index contributed by atoms with van der Waals surface area (Å²) in [7, 11) is 5.82. The van der Waals surface area contributed by atoms with E-state index in [2.05, 4.69) is 38.1 Å². The molecule has 60 heavy (non-hydrogen) atoms. The number of methoxy groups -OCH3 is 2. The molecule has 5 aromatic rings. The van der Waals surface area contributed by atoms with Crippen LogP contribution in [-0.4, -0.2) is 107 Å². The van der Waals surface area contributed by atoms with E-state index in [1.165, 1.54) is 24.0 Å². The molecule has 2 aliphatic heterocycles. The lowest BCUT2D eigenvalue weighted by atomic mass is 10.00. The summed E-state index contributed by atoms with van der Waals surface area (Å²) in [6.07, 6.45) is 0.291. The first-order valence-electron chi connectivity index (χ1n) is 20.7. The zero-order valence-electron chi connectivity index (χ0n) is 36.2. The Kier molecular flexibility index (Phi) is 11.9. The van der Waals surface area contributed by atoms with Crippen LogP contribution in [0.5, 0.6) is 0 Å². The first-order chi connectivity index (χ1) is 28.6. The first-order valence-corrected chi connectivity index (χ1v) is 20.7. The molecule has 3 aromatic carbocycles. The number of carbonyl (C=O) groups is 4. The number of ether oxygens (including phenoxy) is 2. The van der Waals surface area contributed by atoms with Gasteiger partial charge < -0.3 is 28.1 Å². The Bertz CT molecular complexity index is 2220. The summed E-state index contributed by atoms with van der Waals surface area (Å²) in [4.78, 5) is 68.8. The van der Waals surface area contributed by atoms with E-state index in [4.69, 9.17) is 28.3 Å². The normalized spacial score (nSPS) is 20.3. The highest BCUT2D eigenvalue weighted by atomic mass is 16.5. The number of rotatable bonds is 10. The maximum atomic E-state index is 14.0. The molecule has 4 heterocycles. The van der Waals surface area contributed by atoms with Crippen molar-refractivity contribution in [2.75, 3.05) is 41.4 Å². The Balaban J connectivity index is 1.09. The van der Waals surface area contributed by atoms with E-state index in [0.29, 0.717) is 59.9 Å². The van der Waals surface area contributed by atoms with Gasteiger partial charge in [-0.15, -0.1) is 0 Å². The minimum atomic E-state index is -0.685. The molecule has 6 atom stereocenters. The Hall–Kier alpha value is -5.92. The third-order valence-corrected chi connectivity index (χ3v) is 12.0. The van der Waals surface area contributed by atoms with Crippen LogP contribution in [0.25, 0.3) is 44.5 Å². The minimum Gasteiger partial charge on any atom is -0.453 e. The van der Waals surface area contributed by atoms with Gasteiger partial charge >= 0.3 is 12.2 Å². The third-order valence-electron chi connectivity index (χ3n) is 12.0. The van der Waals surface area contributed by atoms with Crippen molar-refractivity contribution >= 4 is 46.2 Å². The van der Waals surface area contributed by atoms with Crippen LogP contribution in [0.3, 0.4) is 0 Å². The molecular weight excluding hydrogens is 765 g/mol. The number of carbonyl (C=O) groups excluding carboxylic acids is 4. The number of aromatic nitrogens is 2. The van der Waals surface area contributed by atoms with Crippen LogP contribution < -0.4 is 0 Å². The second-order valence-electron chi connectivity index (χ2n) is 17.3. The number of hydrogen-bond donors (Lipinski definition) is 0. The van der Waals surface area contributed by atoms with Gasteiger partial charge in [0.1, 0.15) is 35.2 Å². The van der Waals surface area contributed by atoms with Crippen LogP contribution in [0.2, 0.25) is 0 Å². The van der Waals surface area contributed by atoms with E-state index in [9.17, 15) is 19.2 Å².